The molecule has 2 bridgehead atoms. The van der Waals surface area contributed by atoms with E-state index >= 15 is 0 Å². The maximum atomic E-state index is 12.1. The quantitative estimate of drug-likeness (QED) is 0.428. The number of halogens is 1. The number of rotatable bonds is 3. The summed E-state index contributed by atoms with van der Waals surface area (Å²) >= 11 is 2.13. The largest absolute Gasteiger partial charge is 0.509 e. The fourth-order valence-corrected chi connectivity index (χ4v) is 3.43. The van der Waals surface area contributed by atoms with Crippen LogP contribution in [0, 0.1) is 11.8 Å². The molecule has 6 unspecified atom stereocenters. The van der Waals surface area contributed by atoms with E-state index < -0.39 is 9.58 Å². The highest BCUT2D eigenvalue weighted by Gasteiger charge is 2.61. The van der Waals surface area contributed by atoms with Crippen molar-refractivity contribution in [1.82, 2.24) is 0 Å². The highest BCUT2D eigenvalue weighted by molar-refractivity contribution is 14.1. The maximum absolute atomic E-state index is 12.1. The molecule has 106 valence electrons. The molecule has 0 aromatic rings. The van der Waals surface area contributed by atoms with Crippen LogP contribution >= 0.6 is 22.6 Å². The molecule has 3 aliphatic rings. The molecule has 0 aromatic heterocycles. The number of fused-ring (bicyclic) bond motifs is 5. The van der Waals surface area contributed by atoms with Crippen LogP contribution in [0.15, 0.2) is 0 Å². The molecule has 0 amide bonds. The zero-order valence-electron chi connectivity index (χ0n) is 10.9. The van der Waals surface area contributed by atoms with E-state index in [1.54, 1.807) is 0 Å². The van der Waals surface area contributed by atoms with Crippen molar-refractivity contribution in [3.05, 3.63) is 0 Å². The molecule has 2 saturated carbocycles. The summed E-state index contributed by atoms with van der Waals surface area (Å²) in [6.45, 7) is 3.85. The monoisotopic (exact) mass is 380 g/mol. The van der Waals surface area contributed by atoms with Gasteiger partial charge in [-0.15, -0.1) is 0 Å². The Morgan fingerprint density at radius 2 is 2.11 bits per heavy atom. The van der Waals surface area contributed by atoms with Crippen LogP contribution < -0.4 is 0 Å². The number of ether oxygens (including phenoxy) is 3. The summed E-state index contributed by atoms with van der Waals surface area (Å²) in [6, 6.07) is 0. The fraction of sp³-hybridized carbons (Fsp3) is 0.846. The van der Waals surface area contributed by atoms with Crippen molar-refractivity contribution in [1.29, 1.82) is 0 Å². The number of alkyl halides is 1. The Bertz CT molecular complexity index is 421. The highest BCUT2D eigenvalue weighted by Crippen LogP contribution is 2.51. The summed E-state index contributed by atoms with van der Waals surface area (Å²) in [7, 11) is 0. The van der Waals surface area contributed by atoms with Crippen LogP contribution in [0.2, 0.25) is 0 Å². The fourth-order valence-electron chi connectivity index (χ4n) is 3.30. The minimum atomic E-state index is -0.580. The topological polar surface area (TPSA) is 61.8 Å². The lowest BCUT2D eigenvalue weighted by atomic mass is 9.92. The van der Waals surface area contributed by atoms with Crippen molar-refractivity contribution in [3.63, 3.8) is 0 Å². The van der Waals surface area contributed by atoms with E-state index in [9.17, 15) is 9.59 Å². The molecular weight excluding hydrogens is 363 g/mol. The number of carbonyl (C=O) groups is 2. The molecule has 0 aromatic carbocycles. The van der Waals surface area contributed by atoms with Gasteiger partial charge in [-0.2, -0.15) is 0 Å². The zero-order valence-corrected chi connectivity index (χ0v) is 13.1. The standard InChI is InChI=1S/C13H17IO5/c1-3-13(2,14)11(15)17-8-5-6-4-7(8)10-9(6)18-12(16)19-10/h6-10H,3-5H2,1-2H3. The van der Waals surface area contributed by atoms with Gasteiger partial charge in [-0.25, -0.2) is 4.79 Å². The zero-order chi connectivity index (χ0) is 13.8. The SMILES string of the molecule is CCC(C)(I)C(=O)OC1CC2CC1C1OC(=O)OC21. The molecule has 3 rings (SSSR count). The first-order valence-corrected chi connectivity index (χ1v) is 7.77. The number of hydrogen-bond donors (Lipinski definition) is 0. The Hall–Kier alpha value is -0.530. The van der Waals surface area contributed by atoms with Gasteiger partial charge in [0, 0.05) is 11.8 Å². The Morgan fingerprint density at radius 3 is 2.79 bits per heavy atom. The van der Waals surface area contributed by atoms with Gasteiger partial charge < -0.3 is 14.2 Å². The average Bonchev–Trinajstić information content (AvgIpc) is 2.99. The van der Waals surface area contributed by atoms with Gasteiger partial charge >= 0.3 is 12.1 Å². The summed E-state index contributed by atoms with van der Waals surface area (Å²) in [5.74, 6) is 0.214. The van der Waals surface area contributed by atoms with Crippen molar-refractivity contribution in [2.24, 2.45) is 11.8 Å². The second-order valence-corrected chi connectivity index (χ2v) is 8.19. The van der Waals surface area contributed by atoms with Gasteiger partial charge in [-0.05, 0) is 26.2 Å². The van der Waals surface area contributed by atoms with E-state index in [-0.39, 0.29) is 36.1 Å². The maximum Gasteiger partial charge on any atom is 0.509 e. The van der Waals surface area contributed by atoms with Crippen LogP contribution in [0.4, 0.5) is 4.79 Å². The van der Waals surface area contributed by atoms with E-state index in [0.29, 0.717) is 0 Å². The summed E-state index contributed by atoms with van der Waals surface area (Å²) in [4.78, 5) is 23.3. The van der Waals surface area contributed by atoms with Crippen molar-refractivity contribution in [3.8, 4) is 0 Å². The Labute approximate surface area is 125 Å². The molecule has 0 spiro atoms. The van der Waals surface area contributed by atoms with Gasteiger partial charge in [0.25, 0.3) is 0 Å². The number of hydrogen-bond acceptors (Lipinski definition) is 5. The van der Waals surface area contributed by atoms with Crippen molar-refractivity contribution < 1.29 is 23.8 Å². The van der Waals surface area contributed by atoms with E-state index in [2.05, 4.69) is 22.6 Å². The highest BCUT2D eigenvalue weighted by atomic mass is 127. The number of esters is 1. The summed E-state index contributed by atoms with van der Waals surface area (Å²) in [5.41, 5.74) is 0. The van der Waals surface area contributed by atoms with Crippen LogP contribution in [0.25, 0.3) is 0 Å². The molecule has 19 heavy (non-hydrogen) atoms. The average molecular weight is 380 g/mol. The molecular formula is C13H17IO5. The third-order valence-electron chi connectivity index (χ3n) is 4.61. The molecule has 1 aliphatic heterocycles. The predicted octanol–water partition coefficient (Wildman–Crippen LogP) is 2.45. The second-order valence-electron chi connectivity index (χ2n) is 5.81. The van der Waals surface area contributed by atoms with Crippen LogP contribution in [-0.2, 0) is 19.0 Å². The molecule has 3 fully saturated rings. The third-order valence-corrected chi connectivity index (χ3v) is 5.81. The summed E-state index contributed by atoms with van der Waals surface area (Å²) in [5, 5.41) is 0. The van der Waals surface area contributed by atoms with Gasteiger partial charge in [0.15, 0.2) is 0 Å². The Kier molecular flexibility index (Phi) is 3.18. The summed E-state index contributed by atoms with van der Waals surface area (Å²) < 4.78 is 15.5. The molecule has 6 heteroatoms. The molecule has 6 atom stereocenters. The first-order chi connectivity index (χ1) is 8.92. The molecule has 1 heterocycles. The lowest BCUT2D eigenvalue weighted by Gasteiger charge is -2.30. The van der Waals surface area contributed by atoms with Gasteiger partial charge in [-0.3, -0.25) is 4.79 Å². The minimum Gasteiger partial charge on any atom is -0.461 e. The van der Waals surface area contributed by atoms with E-state index in [1.165, 1.54) is 0 Å². The second kappa shape index (κ2) is 4.49. The van der Waals surface area contributed by atoms with Gasteiger partial charge in [0.1, 0.15) is 21.7 Å². The van der Waals surface area contributed by atoms with Crippen LogP contribution in [-0.4, -0.2) is 33.9 Å². The van der Waals surface area contributed by atoms with Crippen LogP contribution in [0.5, 0.6) is 0 Å². The normalized spacial score (nSPS) is 42.3. The first kappa shape index (κ1) is 13.5. The minimum absolute atomic E-state index is 0.106. The van der Waals surface area contributed by atoms with Crippen molar-refractivity contribution in [2.45, 2.75) is 54.8 Å². The molecule has 0 radical (unpaired) electrons. The van der Waals surface area contributed by atoms with Gasteiger partial charge in [0.05, 0.1) is 0 Å². The van der Waals surface area contributed by atoms with Crippen molar-refractivity contribution >= 4 is 34.7 Å². The molecule has 0 N–H and O–H groups in total. The van der Waals surface area contributed by atoms with E-state index in [4.69, 9.17) is 14.2 Å². The van der Waals surface area contributed by atoms with Crippen LogP contribution in [0.1, 0.15) is 33.1 Å². The van der Waals surface area contributed by atoms with E-state index in [0.717, 1.165) is 19.3 Å². The Balaban J connectivity index is 1.66. The molecule has 2 aliphatic carbocycles. The third kappa shape index (κ3) is 2.11. The number of carbonyl (C=O) groups excluding carboxylic acids is 2. The first-order valence-electron chi connectivity index (χ1n) is 6.69. The van der Waals surface area contributed by atoms with Gasteiger partial charge in [0.2, 0.25) is 0 Å². The van der Waals surface area contributed by atoms with Gasteiger partial charge in [-0.1, -0.05) is 29.5 Å². The van der Waals surface area contributed by atoms with Crippen molar-refractivity contribution in [2.75, 3.05) is 0 Å². The van der Waals surface area contributed by atoms with E-state index in [1.807, 2.05) is 13.8 Å². The Morgan fingerprint density at radius 1 is 1.42 bits per heavy atom. The predicted molar refractivity (Wildman–Crippen MR) is 74.0 cm³/mol. The smallest absolute Gasteiger partial charge is 0.461 e. The molecule has 5 nitrogen and oxygen atoms in total. The lowest BCUT2D eigenvalue weighted by Crippen LogP contribution is -2.42. The molecule has 1 saturated heterocycles. The summed E-state index contributed by atoms with van der Waals surface area (Å²) in [6.07, 6.45) is 1.39. The van der Waals surface area contributed by atoms with Crippen LogP contribution in [0.3, 0.4) is 0 Å². The lowest BCUT2D eigenvalue weighted by molar-refractivity contribution is -0.156.